The summed E-state index contributed by atoms with van der Waals surface area (Å²) < 4.78 is 3.80. The Hall–Kier alpha value is -0.460. The Morgan fingerprint density at radius 1 is 1.40 bits per heavy atom. The van der Waals surface area contributed by atoms with E-state index in [1.54, 1.807) is 0 Å². The van der Waals surface area contributed by atoms with Crippen LogP contribution in [0.3, 0.4) is 0 Å². The molecule has 3 nitrogen and oxygen atoms in total. The Balaban J connectivity index is 2.11. The first-order valence-electron chi connectivity index (χ1n) is 6.57. The van der Waals surface area contributed by atoms with Gasteiger partial charge in [0.15, 0.2) is 5.78 Å². The lowest BCUT2D eigenvalue weighted by atomic mass is 10.1. The van der Waals surface area contributed by atoms with Crippen LogP contribution < -0.4 is 0 Å². The van der Waals surface area contributed by atoms with E-state index in [1.165, 1.54) is 11.3 Å². The second-order valence-corrected chi connectivity index (χ2v) is 8.34. The molecule has 0 aliphatic heterocycles. The van der Waals surface area contributed by atoms with Crippen LogP contribution in [0, 0.1) is 0 Å². The minimum absolute atomic E-state index is 0.0913. The van der Waals surface area contributed by atoms with E-state index in [1.807, 2.05) is 23.0 Å². The summed E-state index contributed by atoms with van der Waals surface area (Å²) in [5, 5.41) is 4.53. The molecule has 0 bridgehead atoms. The van der Waals surface area contributed by atoms with Crippen LogP contribution in [0.25, 0.3) is 0 Å². The minimum Gasteiger partial charge on any atom is -0.294 e. The number of nitrogens with zero attached hydrogens (tertiary/aromatic N) is 2. The van der Waals surface area contributed by atoms with Crippen molar-refractivity contribution in [3.63, 3.8) is 0 Å². The molecule has 6 heteroatoms. The number of thiophene rings is 1. The summed E-state index contributed by atoms with van der Waals surface area (Å²) in [5.41, 5.74) is 1.55. The second-order valence-electron chi connectivity index (χ2n) is 4.60. The van der Waals surface area contributed by atoms with Crippen LogP contribution in [0.5, 0.6) is 0 Å². The number of rotatable bonds is 6. The van der Waals surface area contributed by atoms with Crippen LogP contribution in [0.1, 0.15) is 48.8 Å². The zero-order valence-corrected chi connectivity index (χ0v) is 15.4. The van der Waals surface area contributed by atoms with Crippen LogP contribution >= 0.6 is 43.2 Å². The van der Waals surface area contributed by atoms with Gasteiger partial charge in [-0.25, -0.2) is 0 Å². The lowest BCUT2D eigenvalue weighted by molar-refractivity contribution is 0.0991. The molecule has 108 valence electrons. The molecule has 0 radical (unpaired) electrons. The first kappa shape index (κ1) is 15.9. The third-order valence-electron chi connectivity index (χ3n) is 3.28. The highest BCUT2D eigenvalue weighted by atomic mass is 79.9. The predicted octanol–water partition coefficient (Wildman–Crippen LogP) is 5.26. The Morgan fingerprint density at radius 2 is 2.10 bits per heavy atom. The largest absolute Gasteiger partial charge is 0.294 e. The zero-order valence-electron chi connectivity index (χ0n) is 11.4. The van der Waals surface area contributed by atoms with Gasteiger partial charge in [0, 0.05) is 11.8 Å². The van der Waals surface area contributed by atoms with Gasteiger partial charge in [0.05, 0.1) is 25.7 Å². The van der Waals surface area contributed by atoms with Crippen molar-refractivity contribution in [3.8, 4) is 0 Å². The van der Waals surface area contributed by atoms with Crippen molar-refractivity contribution in [2.24, 2.45) is 0 Å². The number of carbonyl (C=O) groups is 1. The summed E-state index contributed by atoms with van der Waals surface area (Å²) in [5.74, 6) is 0.0913. The lowest BCUT2D eigenvalue weighted by Gasteiger charge is -2.12. The van der Waals surface area contributed by atoms with Crippen LogP contribution in [0.2, 0.25) is 0 Å². The van der Waals surface area contributed by atoms with E-state index in [2.05, 4.69) is 50.8 Å². The zero-order chi connectivity index (χ0) is 14.7. The maximum Gasteiger partial charge on any atom is 0.170 e. The molecule has 0 unspecified atom stereocenters. The van der Waals surface area contributed by atoms with E-state index in [0.29, 0.717) is 12.5 Å². The monoisotopic (exact) mass is 418 g/mol. The number of carbonyl (C=O) groups excluding carboxylic acids is 1. The Bertz CT molecular complexity index is 602. The molecule has 20 heavy (non-hydrogen) atoms. The SMILES string of the molecule is CCC(CC)n1ccc(CC(=O)c2cc(Br)sc2Br)n1. The predicted molar refractivity (Wildman–Crippen MR) is 89.6 cm³/mol. The number of halogens is 2. The summed E-state index contributed by atoms with van der Waals surface area (Å²) >= 11 is 8.33. The van der Waals surface area contributed by atoms with Gasteiger partial charge in [-0.1, -0.05) is 13.8 Å². The maximum absolute atomic E-state index is 12.3. The van der Waals surface area contributed by atoms with E-state index in [4.69, 9.17) is 0 Å². The molecule has 0 atom stereocenters. The van der Waals surface area contributed by atoms with Crippen LogP contribution in [-0.4, -0.2) is 15.6 Å². The smallest absolute Gasteiger partial charge is 0.170 e. The number of hydrogen-bond donors (Lipinski definition) is 0. The van der Waals surface area contributed by atoms with E-state index < -0.39 is 0 Å². The Morgan fingerprint density at radius 3 is 2.65 bits per heavy atom. The fourth-order valence-electron chi connectivity index (χ4n) is 2.13. The van der Waals surface area contributed by atoms with Gasteiger partial charge in [0.25, 0.3) is 0 Å². The van der Waals surface area contributed by atoms with Crippen molar-refractivity contribution in [2.75, 3.05) is 0 Å². The molecule has 2 aromatic heterocycles. The molecule has 0 saturated heterocycles. The molecule has 0 aliphatic carbocycles. The van der Waals surface area contributed by atoms with Gasteiger partial charge in [-0.3, -0.25) is 9.48 Å². The van der Waals surface area contributed by atoms with Crippen molar-refractivity contribution in [3.05, 3.63) is 37.2 Å². The van der Waals surface area contributed by atoms with Gasteiger partial charge in [0.2, 0.25) is 0 Å². The normalized spacial score (nSPS) is 11.2. The molecule has 2 rings (SSSR count). The molecule has 0 saturated carbocycles. The van der Waals surface area contributed by atoms with E-state index in [9.17, 15) is 4.79 Å². The van der Waals surface area contributed by atoms with Gasteiger partial charge in [-0.05, 0) is 56.8 Å². The molecular formula is C14H16Br2N2OS. The van der Waals surface area contributed by atoms with Crippen LogP contribution in [0.4, 0.5) is 0 Å². The highest BCUT2D eigenvalue weighted by molar-refractivity contribution is 9.12. The first-order valence-corrected chi connectivity index (χ1v) is 8.97. The fourth-order valence-corrected chi connectivity index (χ4v) is 4.98. The topological polar surface area (TPSA) is 34.9 Å². The van der Waals surface area contributed by atoms with Crippen molar-refractivity contribution < 1.29 is 4.79 Å². The van der Waals surface area contributed by atoms with E-state index in [-0.39, 0.29) is 5.78 Å². The van der Waals surface area contributed by atoms with Crippen LogP contribution in [0.15, 0.2) is 25.9 Å². The molecule has 0 aromatic carbocycles. The fraction of sp³-hybridized carbons (Fsp3) is 0.429. The van der Waals surface area contributed by atoms with Gasteiger partial charge in [-0.15, -0.1) is 11.3 Å². The van der Waals surface area contributed by atoms with Crippen molar-refractivity contribution in [2.45, 2.75) is 39.2 Å². The highest BCUT2D eigenvalue weighted by Gasteiger charge is 2.16. The van der Waals surface area contributed by atoms with Gasteiger partial charge < -0.3 is 0 Å². The first-order chi connectivity index (χ1) is 9.55. The van der Waals surface area contributed by atoms with E-state index in [0.717, 1.165) is 31.7 Å². The summed E-state index contributed by atoms with van der Waals surface area (Å²) in [6, 6.07) is 4.21. The third-order valence-corrected chi connectivity index (χ3v) is 5.62. The van der Waals surface area contributed by atoms with Gasteiger partial charge >= 0.3 is 0 Å². The summed E-state index contributed by atoms with van der Waals surface area (Å²) in [7, 11) is 0. The number of Topliss-reactive ketones (excluding diaryl/α,β-unsaturated/α-hetero) is 1. The average Bonchev–Trinajstić information content (AvgIpc) is 2.98. The quantitative estimate of drug-likeness (QED) is 0.598. The Labute approximate surface area is 139 Å². The number of ketones is 1. The van der Waals surface area contributed by atoms with Gasteiger partial charge in [0.1, 0.15) is 0 Å². The summed E-state index contributed by atoms with van der Waals surface area (Å²) in [4.78, 5) is 12.3. The molecule has 0 N–H and O–H groups in total. The standard InChI is InChI=1S/C14H16Br2N2OS/c1-3-10(4-2)18-6-5-9(17-18)7-12(19)11-8-13(15)20-14(11)16/h5-6,8,10H,3-4,7H2,1-2H3. The molecule has 2 aromatic rings. The third kappa shape index (κ3) is 3.59. The number of aromatic nitrogens is 2. The lowest BCUT2D eigenvalue weighted by Crippen LogP contribution is -2.09. The molecular weight excluding hydrogens is 404 g/mol. The number of hydrogen-bond acceptors (Lipinski definition) is 3. The molecule has 2 heterocycles. The molecule has 0 spiro atoms. The van der Waals surface area contributed by atoms with Crippen molar-refractivity contribution in [1.29, 1.82) is 0 Å². The Kier molecular flexibility index (Phi) is 5.57. The van der Waals surface area contributed by atoms with Crippen molar-refractivity contribution in [1.82, 2.24) is 9.78 Å². The molecule has 0 fully saturated rings. The highest BCUT2D eigenvalue weighted by Crippen LogP contribution is 2.32. The summed E-state index contributed by atoms with van der Waals surface area (Å²) in [6.07, 6.45) is 4.41. The maximum atomic E-state index is 12.3. The summed E-state index contributed by atoms with van der Waals surface area (Å²) in [6.45, 7) is 4.31. The van der Waals surface area contributed by atoms with E-state index >= 15 is 0 Å². The average molecular weight is 420 g/mol. The van der Waals surface area contributed by atoms with Crippen molar-refractivity contribution >= 4 is 49.0 Å². The molecule has 0 amide bonds. The second kappa shape index (κ2) is 7.00. The molecule has 0 aliphatic rings. The van der Waals surface area contributed by atoms with Crippen LogP contribution in [-0.2, 0) is 6.42 Å². The van der Waals surface area contributed by atoms with Gasteiger partial charge in [-0.2, -0.15) is 5.10 Å². The minimum atomic E-state index is 0.0913.